The Hall–Kier alpha value is -3.66. The van der Waals surface area contributed by atoms with Crippen molar-refractivity contribution >= 4 is 38.4 Å². The molecule has 10 heteroatoms. The zero-order valence-electron chi connectivity index (χ0n) is 16.8. The standard InChI is InChI=1S/C20H21N7O2S/c1-5-30(28,29)25-15-6-7-17-16(10-15)14(3)12-27(17)19-13(2)11-21-20(24-19)23-18-8-9-22-26(18)4/h5-12,25H,1H2,2-4H3,(H,21,23,24). The summed E-state index contributed by atoms with van der Waals surface area (Å²) in [4.78, 5) is 9.06. The third-order valence-electron chi connectivity index (χ3n) is 4.72. The van der Waals surface area contributed by atoms with E-state index in [0.717, 1.165) is 39.1 Å². The monoisotopic (exact) mass is 423 g/mol. The number of aromatic nitrogens is 5. The van der Waals surface area contributed by atoms with Gasteiger partial charge in [-0.25, -0.2) is 13.4 Å². The van der Waals surface area contributed by atoms with Gasteiger partial charge in [0.25, 0.3) is 10.0 Å². The molecule has 0 aliphatic heterocycles. The second-order valence-corrected chi connectivity index (χ2v) is 8.52. The molecule has 1 aromatic carbocycles. The summed E-state index contributed by atoms with van der Waals surface area (Å²) in [7, 11) is -1.74. The van der Waals surface area contributed by atoms with Crippen LogP contribution in [0, 0.1) is 13.8 Å². The number of anilines is 3. The number of fused-ring (bicyclic) bond motifs is 1. The Morgan fingerprint density at radius 3 is 2.67 bits per heavy atom. The third kappa shape index (κ3) is 3.64. The molecule has 30 heavy (non-hydrogen) atoms. The molecular weight excluding hydrogens is 402 g/mol. The van der Waals surface area contributed by atoms with Gasteiger partial charge in [-0.2, -0.15) is 10.1 Å². The summed E-state index contributed by atoms with van der Waals surface area (Å²) < 4.78 is 29.7. The van der Waals surface area contributed by atoms with Crippen molar-refractivity contribution in [3.05, 3.63) is 66.0 Å². The van der Waals surface area contributed by atoms with Gasteiger partial charge in [0.05, 0.1) is 11.7 Å². The highest BCUT2D eigenvalue weighted by Crippen LogP contribution is 2.28. The lowest BCUT2D eigenvalue weighted by atomic mass is 10.2. The molecule has 0 aliphatic carbocycles. The van der Waals surface area contributed by atoms with Crippen LogP contribution in [-0.2, 0) is 17.1 Å². The molecule has 4 rings (SSSR count). The van der Waals surface area contributed by atoms with E-state index in [9.17, 15) is 8.42 Å². The van der Waals surface area contributed by atoms with Crippen LogP contribution in [0.25, 0.3) is 16.7 Å². The largest absolute Gasteiger partial charge is 0.309 e. The van der Waals surface area contributed by atoms with Crippen LogP contribution in [0.1, 0.15) is 11.1 Å². The van der Waals surface area contributed by atoms with Gasteiger partial charge in [-0.15, -0.1) is 0 Å². The number of aryl methyl sites for hydroxylation is 3. The lowest BCUT2D eigenvalue weighted by Crippen LogP contribution is -2.08. The van der Waals surface area contributed by atoms with Crippen LogP contribution in [0.3, 0.4) is 0 Å². The molecule has 2 N–H and O–H groups in total. The van der Waals surface area contributed by atoms with Crippen molar-refractivity contribution in [2.45, 2.75) is 13.8 Å². The molecule has 0 saturated heterocycles. The van der Waals surface area contributed by atoms with Crippen LogP contribution in [0.2, 0.25) is 0 Å². The van der Waals surface area contributed by atoms with E-state index >= 15 is 0 Å². The first-order chi connectivity index (χ1) is 14.3. The van der Waals surface area contributed by atoms with Gasteiger partial charge in [-0.3, -0.25) is 9.40 Å². The normalized spacial score (nSPS) is 11.6. The van der Waals surface area contributed by atoms with E-state index in [-0.39, 0.29) is 0 Å². The van der Waals surface area contributed by atoms with Gasteiger partial charge in [0.1, 0.15) is 11.6 Å². The number of rotatable bonds is 6. The van der Waals surface area contributed by atoms with Crippen LogP contribution >= 0.6 is 0 Å². The maximum Gasteiger partial charge on any atom is 0.254 e. The van der Waals surface area contributed by atoms with Crippen LogP contribution in [-0.4, -0.2) is 32.7 Å². The summed E-state index contributed by atoms with van der Waals surface area (Å²) >= 11 is 0. The fourth-order valence-electron chi connectivity index (χ4n) is 3.19. The Morgan fingerprint density at radius 2 is 1.97 bits per heavy atom. The van der Waals surface area contributed by atoms with Crippen LogP contribution in [0.5, 0.6) is 0 Å². The maximum atomic E-state index is 11.8. The highest BCUT2D eigenvalue weighted by atomic mass is 32.2. The van der Waals surface area contributed by atoms with E-state index in [4.69, 9.17) is 4.98 Å². The third-order valence-corrected chi connectivity index (χ3v) is 5.68. The first-order valence-electron chi connectivity index (χ1n) is 9.13. The molecule has 9 nitrogen and oxygen atoms in total. The van der Waals surface area contributed by atoms with Gasteiger partial charge in [0, 0.05) is 47.6 Å². The zero-order chi connectivity index (χ0) is 21.5. The first kappa shape index (κ1) is 19.6. The molecule has 0 radical (unpaired) electrons. The van der Waals surface area contributed by atoms with Gasteiger partial charge in [0.15, 0.2) is 0 Å². The SMILES string of the molecule is C=CS(=O)(=O)Nc1ccc2c(c1)c(C)cn2-c1nc(Nc2ccnn2C)ncc1C. The van der Waals surface area contributed by atoms with Crippen molar-refractivity contribution in [3.8, 4) is 5.82 Å². The summed E-state index contributed by atoms with van der Waals surface area (Å²) in [5, 5.41) is 9.10. The maximum absolute atomic E-state index is 11.8. The minimum Gasteiger partial charge on any atom is -0.309 e. The molecule has 4 aromatic rings. The molecule has 0 spiro atoms. The number of hydrogen-bond donors (Lipinski definition) is 2. The predicted molar refractivity (Wildman–Crippen MR) is 118 cm³/mol. The Kier molecular flexibility index (Phi) is 4.78. The minimum atomic E-state index is -3.57. The van der Waals surface area contributed by atoms with Crippen molar-refractivity contribution in [2.24, 2.45) is 7.05 Å². The number of benzene rings is 1. The van der Waals surface area contributed by atoms with Gasteiger partial charge >= 0.3 is 0 Å². The summed E-state index contributed by atoms with van der Waals surface area (Å²) in [5.74, 6) is 1.96. The Bertz CT molecular complexity index is 1370. The molecule has 0 atom stereocenters. The average Bonchev–Trinajstić information content (AvgIpc) is 3.26. The predicted octanol–water partition coefficient (Wildman–Crippen LogP) is 3.40. The average molecular weight is 424 g/mol. The molecule has 0 unspecified atom stereocenters. The Morgan fingerprint density at radius 1 is 1.17 bits per heavy atom. The quantitative estimate of drug-likeness (QED) is 0.492. The second-order valence-electron chi connectivity index (χ2n) is 6.89. The van der Waals surface area contributed by atoms with E-state index < -0.39 is 10.0 Å². The lowest BCUT2D eigenvalue weighted by Gasteiger charge is -2.11. The summed E-state index contributed by atoms with van der Waals surface area (Å²) in [6, 6.07) is 7.21. The van der Waals surface area contributed by atoms with Gasteiger partial charge < -0.3 is 9.88 Å². The number of hydrogen-bond acceptors (Lipinski definition) is 6. The molecule has 0 fully saturated rings. The first-order valence-corrected chi connectivity index (χ1v) is 10.7. The van der Waals surface area contributed by atoms with Crippen molar-refractivity contribution < 1.29 is 8.42 Å². The van der Waals surface area contributed by atoms with Gasteiger partial charge in [-0.1, -0.05) is 6.58 Å². The molecular formula is C20H21N7O2S. The summed E-state index contributed by atoms with van der Waals surface area (Å²) in [6.45, 7) is 7.23. The highest BCUT2D eigenvalue weighted by molar-refractivity contribution is 7.95. The van der Waals surface area contributed by atoms with Crippen molar-refractivity contribution in [2.75, 3.05) is 10.0 Å². The van der Waals surface area contributed by atoms with Crippen molar-refractivity contribution in [3.63, 3.8) is 0 Å². The van der Waals surface area contributed by atoms with Crippen molar-refractivity contribution in [1.29, 1.82) is 0 Å². The van der Waals surface area contributed by atoms with Gasteiger partial charge in [0.2, 0.25) is 5.95 Å². The van der Waals surface area contributed by atoms with Crippen LogP contribution in [0.15, 0.2) is 54.8 Å². The number of sulfonamides is 1. The van der Waals surface area contributed by atoms with E-state index in [1.165, 1.54) is 0 Å². The number of nitrogens with zero attached hydrogens (tertiary/aromatic N) is 5. The second kappa shape index (κ2) is 7.30. The molecule has 0 amide bonds. The van der Waals surface area contributed by atoms with E-state index in [0.29, 0.717) is 11.6 Å². The molecule has 154 valence electrons. The lowest BCUT2D eigenvalue weighted by molar-refractivity contribution is 0.609. The van der Waals surface area contributed by atoms with E-state index in [2.05, 4.69) is 26.7 Å². The molecule has 0 aliphatic rings. The van der Waals surface area contributed by atoms with Gasteiger partial charge in [-0.05, 0) is 37.6 Å². The summed E-state index contributed by atoms with van der Waals surface area (Å²) in [5.41, 5.74) is 3.27. The van der Waals surface area contributed by atoms with E-state index in [1.54, 1.807) is 29.2 Å². The van der Waals surface area contributed by atoms with E-state index in [1.807, 2.05) is 43.8 Å². The zero-order valence-corrected chi connectivity index (χ0v) is 17.6. The molecule has 0 bridgehead atoms. The number of nitrogens with one attached hydrogen (secondary N) is 2. The fraction of sp³-hybridized carbons (Fsp3) is 0.150. The Labute approximate surface area is 174 Å². The minimum absolute atomic E-state index is 0.453. The Balaban J connectivity index is 1.77. The fourth-order valence-corrected chi connectivity index (χ4v) is 3.73. The smallest absolute Gasteiger partial charge is 0.254 e. The molecule has 3 aromatic heterocycles. The highest BCUT2D eigenvalue weighted by Gasteiger charge is 2.14. The molecule has 0 saturated carbocycles. The van der Waals surface area contributed by atoms with Crippen molar-refractivity contribution in [1.82, 2.24) is 24.3 Å². The van der Waals surface area contributed by atoms with Crippen LogP contribution in [0.4, 0.5) is 17.5 Å². The van der Waals surface area contributed by atoms with Crippen LogP contribution < -0.4 is 10.0 Å². The summed E-state index contributed by atoms with van der Waals surface area (Å²) in [6.07, 6.45) is 5.42. The topological polar surface area (TPSA) is 107 Å². The molecule has 3 heterocycles.